The van der Waals surface area contributed by atoms with Crippen LogP contribution in [0.4, 0.5) is 0 Å². The molecule has 3 nitrogen and oxygen atoms in total. The lowest BCUT2D eigenvalue weighted by Gasteiger charge is -2.14. The molecule has 3 rings (SSSR count). The number of aromatic nitrogens is 1. The average Bonchev–Trinajstić information content (AvgIpc) is 2.90. The van der Waals surface area contributed by atoms with Gasteiger partial charge in [0.25, 0.3) is 5.91 Å². The number of nitrogens with one attached hydrogen (secondary N) is 1. The molecule has 3 aromatic rings. The Labute approximate surface area is 156 Å². The lowest BCUT2D eigenvalue weighted by molar-refractivity contribution is 0.0938. The quantitative estimate of drug-likeness (QED) is 0.666. The predicted octanol–water partition coefficient (Wildman–Crippen LogP) is 5.03. The van der Waals surface area contributed by atoms with Gasteiger partial charge in [-0.3, -0.25) is 4.79 Å². The van der Waals surface area contributed by atoms with Crippen LogP contribution in [0.15, 0.2) is 48.5 Å². The number of nitrogens with zero attached hydrogens (tertiary/aromatic N) is 1. The summed E-state index contributed by atoms with van der Waals surface area (Å²) >= 11 is 0. The van der Waals surface area contributed by atoms with E-state index in [0.29, 0.717) is 0 Å². The van der Waals surface area contributed by atoms with Crippen LogP contribution in [0.5, 0.6) is 0 Å². The molecule has 0 saturated carbocycles. The maximum atomic E-state index is 12.7. The Bertz CT molecular complexity index is 909. The van der Waals surface area contributed by atoms with E-state index in [1.807, 2.05) is 18.2 Å². The van der Waals surface area contributed by atoms with Crippen LogP contribution >= 0.6 is 0 Å². The number of hydrogen-bond acceptors (Lipinski definition) is 1. The van der Waals surface area contributed by atoms with E-state index in [9.17, 15) is 4.79 Å². The van der Waals surface area contributed by atoms with Crippen LogP contribution in [0.2, 0.25) is 0 Å². The number of benzene rings is 2. The summed E-state index contributed by atoms with van der Waals surface area (Å²) in [6, 6.07) is 16.6. The topological polar surface area (TPSA) is 34.0 Å². The highest BCUT2D eigenvalue weighted by atomic mass is 16.1. The van der Waals surface area contributed by atoms with E-state index < -0.39 is 0 Å². The average molecular weight is 348 g/mol. The Hall–Kier alpha value is -2.55. The molecular weight excluding hydrogens is 320 g/mol. The maximum Gasteiger partial charge on any atom is 0.251 e. The third-order valence-corrected chi connectivity index (χ3v) is 5.30. The van der Waals surface area contributed by atoms with Crippen molar-refractivity contribution in [3.05, 3.63) is 70.9 Å². The summed E-state index contributed by atoms with van der Waals surface area (Å²) in [7, 11) is 0. The van der Waals surface area contributed by atoms with E-state index in [0.717, 1.165) is 24.9 Å². The Morgan fingerprint density at radius 3 is 2.54 bits per heavy atom. The number of carbonyl (C=O) groups is 1. The molecule has 0 aliphatic heterocycles. The molecule has 26 heavy (non-hydrogen) atoms. The second kappa shape index (κ2) is 7.77. The first-order valence-electron chi connectivity index (χ1n) is 9.45. The van der Waals surface area contributed by atoms with Crippen molar-refractivity contribution >= 4 is 16.8 Å². The normalized spacial score (nSPS) is 12.3. The zero-order chi connectivity index (χ0) is 18.7. The maximum absolute atomic E-state index is 12.7. The zero-order valence-corrected chi connectivity index (χ0v) is 16.2. The number of carbonyl (C=O) groups excluding carboxylic acids is 1. The number of amides is 1. The van der Waals surface area contributed by atoms with Gasteiger partial charge in [-0.25, -0.2) is 0 Å². The Morgan fingerprint density at radius 2 is 1.85 bits per heavy atom. The fourth-order valence-corrected chi connectivity index (χ4v) is 3.61. The Morgan fingerprint density at radius 1 is 1.12 bits per heavy atom. The summed E-state index contributed by atoms with van der Waals surface area (Å²) in [6.07, 6.45) is 1.90. The molecule has 1 N–H and O–H groups in total. The lowest BCUT2D eigenvalue weighted by Crippen LogP contribution is -2.32. The Kier molecular flexibility index (Phi) is 5.46. The van der Waals surface area contributed by atoms with Gasteiger partial charge in [0.2, 0.25) is 0 Å². The smallest absolute Gasteiger partial charge is 0.251 e. The lowest BCUT2D eigenvalue weighted by atomic mass is 10.1. The summed E-state index contributed by atoms with van der Waals surface area (Å²) < 4.78 is 2.30. The van der Waals surface area contributed by atoms with E-state index in [2.05, 4.69) is 67.9 Å². The summed E-state index contributed by atoms with van der Waals surface area (Å²) in [6.45, 7) is 9.44. The van der Waals surface area contributed by atoms with E-state index in [4.69, 9.17) is 0 Å². The zero-order valence-electron chi connectivity index (χ0n) is 16.2. The van der Waals surface area contributed by atoms with Crippen LogP contribution < -0.4 is 5.32 Å². The van der Waals surface area contributed by atoms with Crippen LogP contribution in [-0.4, -0.2) is 16.5 Å². The van der Waals surface area contributed by atoms with E-state index in [-0.39, 0.29) is 11.9 Å². The number of rotatable bonds is 6. The van der Waals surface area contributed by atoms with Crippen LogP contribution in [0.25, 0.3) is 10.9 Å². The van der Waals surface area contributed by atoms with E-state index in [1.54, 1.807) is 0 Å². The highest BCUT2D eigenvalue weighted by Gasteiger charge is 2.14. The van der Waals surface area contributed by atoms with Crippen LogP contribution in [0.1, 0.15) is 47.4 Å². The first-order chi connectivity index (χ1) is 12.5. The molecule has 0 saturated heterocycles. The van der Waals surface area contributed by atoms with Crippen molar-refractivity contribution in [3.63, 3.8) is 0 Å². The van der Waals surface area contributed by atoms with Crippen molar-refractivity contribution in [2.45, 2.75) is 53.1 Å². The monoisotopic (exact) mass is 348 g/mol. The molecule has 136 valence electrons. The molecular formula is C23H28N2O. The molecule has 0 aliphatic carbocycles. The van der Waals surface area contributed by atoms with Gasteiger partial charge in [-0.05, 0) is 69.9 Å². The second-order valence-corrected chi connectivity index (χ2v) is 7.09. The molecule has 0 aliphatic rings. The van der Waals surface area contributed by atoms with Gasteiger partial charge in [0.15, 0.2) is 0 Å². The fourth-order valence-electron chi connectivity index (χ4n) is 3.61. The van der Waals surface area contributed by atoms with Gasteiger partial charge in [-0.2, -0.15) is 0 Å². The SMILES string of the molecule is CCn1c(C)c(C)c2cc(C(=O)N[C@@H](C)CCc3ccccc3)ccc21. The summed E-state index contributed by atoms with van der Waals surface area (Å²) in [5.41, 5.74) is 5.78. The van der Waals surface area contributed by atoms with Crippen molar-refractivity contribution in [2.75, 3.05) is 0 Å². The molecule has 1 amide bonds. The van der Waals surface area contributed by atoms with E-state index >= 15 is 0 Å². The summed E-state index contributed by atoms with van der Waals surface area (Å²) in [5, 5.41) is 4.32. The van der Waals surface area contributed by atoms with Crippen molar-refractivity contribution in [1.82, 2.24) is 9.88 Å². The highest BCUT2D eigenvalue weighted by Crippen LogP contribution is 2.26. The van der Waals surface area contributed by atoms with Gasteiger partial charge >= 0.3 is 0 Å². The number of fused-ring (bicyclic) bond motifs is 1. The highest BCUT2D eigenvalue weighted by molar-refractivity contribution is 5.99. The molecule has 3 heteroatoms. The van der Waals surface area contributed by atoms with Gasteiger partial charge in [0, 0.05) is 34.7 Å². The first kappa shape index (κ1) is 18.2. The molecule has 0 fully saturated rings. The predicted molar refractivity (Wildman–Crippen MR) is 109 cm³/mol. The minimum absolute atomic E-state index is 0.00811. The minimum atomic E-state index is 0.00811. The summed E-state index contributed by atoms with van der Waals surface area (Å²) in [5.74, 6) is 0.00811. The number of hydrogen-bond donors (Lipinski definition) is 1. The van der Waals surface area contributed by atoms with Crippen LogP contribution in [-0.2, 0) is 13.0 Å². The van der Waals surface area contributed by atoms with E-state index in [1.165, 1.54) is 27.7 Å². The molecule has 1 atom stereocenters. The molecule has 0 spiro atoms. The van der Waals surface area contributed by atoms with Crippen molar-refractivity contribution in [1.29, 1.82) is 0 Å². The van der Waals surface area contributed by atoms with Gasteiger partial charge < -0.3 is 9.88 Å². The van der Waals surface area contributed by atoms with Gasteiger partial charge in [0.05, 0.1) is 0 Å². The van der Waals surface area contributed by atoms with Crippen molar-refractivity contribution in [3.8, 4) is 0 Å². The largest absolute Gasteiger partial charge is 0.350 e. The molecule has 1 aromatic heterocycles. The third kappa shape index (κ3) is 3.67. The molecule has 2 aromatic carbocycles. The van der Waals surface area contributed by atoms with Crippen molar-refractivity contribution in [2.24, 2.45) is 0 Å². The third-order valence-electron chi connectivity index (χ3n) is 5.30. The van der Waals surface area contributed by atoms with Crippen LogP contribution in [0.3, 0.4) is 0 Å². The van der Waals surface area contributed by atoms with Gasteiger partial charge in [-0.1, -0.05) is 30.3 Å². The van der Waals surface area contributed by atoms with Crippen LogP contribution in [0, 0.1) is 13.8 Å². The fraction of sp³-hybridized carbons (Fsp3) is 0.348. The Balaban J connectivity index is 1.70. The molecule has 0 bridgehead atoms. The molecule has 1 heterocycles. The van der Waals surface area contributed by atoms with Gasteiger partial charge in [-0.15, -0.1) is 0 Å². The summed E-state index contributed by atoms with van der Waals surface area (Å²) in [4.78, 5) is 12.7. The minimum Gasteiger partial charge on any atom is -0.350 e. The molecule has 0 unspecified atom stereocenters. The number of aryl methyl sites for hydroxylation is 3. The first-order valence-corrected chi connectivity index (χ1v) is 9.45. The van der Waals surface area contributed by atoms with Crippen molar-refractivity contribution < 1.29 is 4.79 Å². The molecule has 0 radical (unpaired) electrons. The van der Waals surface area contributed by atoms with Gasteiger partial charge in [0.1, 0.15) is 0 Å². The second-order valence-electron chi connectivity index (χ2n) is 7.09. The standard InChI is InChI=1S/C23H28N2O/c1-5-25-18(4)17(3)21-15-20(13-14-22(21)25)23(26)24-16(2)11-12-19-9-7-6-8-10-19/h6-10,13-16H,5,11-12H2,1-4H3,(H,24,26)/t16-/m0/s1.